The number of hydrogen-bond acceptors (Lipinski definition) is 5. The number of carbonyl (C=O) groups is 2. The molecule has 0 atom stereocenters. The van der Waals surface area contributed by atoms with Crippen LogP contribution in [0.4, 0.5) is 0 Å². The van der Waals surface area contributed by atoms with Gasteiger partial charge in [-0.05, 0) is 83.2 Å². The molecular weight excluding hydrogens is 620 g/mol. The van der Waals surface area contributed by atoms with Gasteiger partial charge in [0, 0.05) is 45.7 Å². The van der Waals surface area contributed by atoms with Crippen molar-refractivity contribution in [2.75, 3.05) is 6.54 Å². The Morgan fingerprint density at radius 3 is 2.50 bits per heavy atom. The SMILES string of the molecule is N#Cc1cc(C(=O)N2CCc3c(n4ncc(Cc5ccccc5)c4n(-c4ccc(C(=O)NC5CC5)cc4)c3=O)C2)ccc1Br. The zero-order valence-corrected chi connectivity index (χ0v) is 25.3. The molecule has 1 saturated carbocycles. The van der Waals surface area contributed by atoms with Crippen LogP contribution in [0.2, 0.25) is 0 Å². The second-order valence-electron chi connectivity index (χ2n) is 11.2. The van der Waals surface area contributed by atoms with Gasteiger partial charge in [0.2, 0.25) is 0 Å². The number of nitriles is 1. The Morgan fingerprint density at radius 2 is 1.77 bits per heavy atom. The Labute approximate surface area is 261 Å². The Balaban J connectivity index is 1.31. The van der Waals surface area contributed by atoms with E-state index in [1.54, 1.807) is 62.6 Å². The van der Waals surface area contributed by atoms with Gasteiger partial charge in [-0.25, -0.2) is 4.52 Å². The highest BCUT2D eigenvalue weighted by atomic mass is 79.9. The lowest BCUT2D eigenvalue weighted by Crippen LogP contribution is -2.41. The molecule has 2 amide bonds. The van der Waals surface area contributed by atoms with Gasteiger partial charge in [0.15, 0.2) is 0 Å². The Morgan fingerprint density at radius 1 is 1.02 bits per heavy atom. The van der Waals surface area contributed by atoms with Crippen molar-refractivity contribution in [1.82, 2.24) is 24.4 Å². The topological polar surface area (TPSA) is 112 Å². The molecule has 1 aliphatic carbocycles. The monoisotopic (exact) mass is 646 g/mol. The van der Waals surface area contributed by atoms with E-state index in [2.05, 4.69) is 27.3 Å². The van der Waals surface area contributed by atoms with E-state index >= 15 is 0 Å². The van der Waals surface area contributed by atoms with Crippen molar-refractivity contribution in [3.8, 4) is 11.8 Å². The number of benzene rings is 3. The van der Waals surface area contributed by atoms with E-state index < -0.39 is 0 Å². The van der Waals surface area contributed by atoms with Crippen LogP contribution in [0.1, 0.15) is 61.5 Å². The zero-order chi connectivity index (χ0) is 30.4. The summed E-state index contributed by atoms with van der Waals surface area (Å²) in [7, 11) is 0. The quantitative estimate of drug-likeness (QED) is 0.285. The summed E-state index contributed by atoms with van der Waals surface area (Å²) in [5.74, 6) is -0.331. The summed E-state index contributed by atoms with van der Waals surface area (Å²) in [6.45, 7) is 0.550. The molecule has 44 heavy (non-hydrogen) atoms. The molecule has 3 heterocycles. The van der Waals surface area contributed by atoms with Gasteiger partial charge in [0.1, 0.15) is 11.7 Å². The van der Waals surface area contributed by atoms with Crippen molar-refractivity contribution >= 4 is 33.4 Å². The summed E-state index contributed by atoms with van der Waals surface area (Å²) >= 11 is 3.35. The molecule has 9 nitrogen and oxygen atoms in total. The Kier molecular flexibility index (Phi) is 7.10. The summed E-state index contributed by atoms with van der Waals surface area (Å²) in [4.78, 5) is 42.1. The number of fused-ring (bicyclic) bond motifs is 3. The number of amides is 2. The Hall–Kier alpha value is -5.01. The Bertz CT molecular complexity index is 2040. The van der Waals surface area contributed by atoms with Crippen molar-refractivity contribution in [3.05, 3.63) is 133 Å². The number of nitrogens with one attached hydrogen (secondary N) is 1. The molecule has 2 aromatic heterocycles. The van der Waals surface area contributed by atoms with Gasteiger partial charge in [-0.2, -0.15) is 10.4 Å². The third kappa shape index (κ3) is 5.09. The zero-order valence-electron chi connectivity index (χ0n) is 23.7. The van der Waals surface area contributed by atoms with Gasteiger partial charge in [-0.3, -0.25) is 19.0 Å². The molecule has 5 aromatic rings. The average Bonchev–Trinajstić information content (AvgIpc) is 3.78. The second kappa shape index (κ2) is 11.2. The minimum absolute atomic E-state index is 0.117. The smallest absolute Gasteiger partial charge is 0.261 e. The van der Waals surface area contributed by atoms with E-state index in [1.807, 2.05) is 30.3 Å². The highest BCUT2D eigenvalue weighted by molar-refractivity contribution is 9.10. The van der Waals surface area contributed by atoms with Crippen LogP contribution in [0.25, 0.3) is 11.3 Å². The lowest BCUT2D eigenvalue weighted by molar-refractivity contribution is 0.0729. The number of rotatable bonds is 6. The molecular formula is C34H27BrN6O3. The van der Waals surface area contributed by atoms with E-state index in [9.17, 15) is 19.6 Å². The first-order valence-electron chi connectivity index (χ1n) is 14.5. The maximum absolute atomic E-state index is 14.3. The lowest BCUT2D eigenvalue weighted by atomic mass is 10.0. The molecule has 2 aliphatic rings. The van der Waals surface area contributed by atoms with Gasteiger partial charge >= 0.3 is 0 Å². The summed E-state index contributed by atoms with van der Waals surface area (Å²) in [5, 5.41) is 17.2. The van der Waals surface area contributed by atoms with Crippen molar-refractivity contribution in [2.45, 2.75) is 38.3 Å². The average molecular weight is 648 g/mol. The van der Waals surface area contributed by atoms with Crippen molar-refractivity contribution in [3.63, 3.8) is 0 Å². The van der Waals surface area contributed by atoms with E-state index in [0.29, 0.717) is 63.1 Å². The van der Waals surface area contributed by atoms with Crippen LogP contribution in [-0.2, 0) is 19.4 Å². The molecule has 1 fully saturated rings. The first-order valence-corrected chi connectivity index (χ1v) is 15.3. The molecule has 0 saturated heterocycles. The van der Waals surface area contributed by atoms with Gasteiger partial charge < -0.3 is 10.2 Å². The highest BCUT2D eigenvalue weighted by Crippen LogP contribution is 2.26. The number of hydrogen-bond donors (Lipinski definition) is 1. The van der Waals surface area contributed by atoms with Crippen LogP contribution in [0, 0.1) is 11.3 Å². The number of nitrogens with zero attached hydrogens (tertiary/aromatic N) is 5. The van der Waals surface area contributed by atoms with Gasteiger partial charge in [0.05, 0.1) is 29.7 Å². The fourth-order valence-corrected chi connectivity index (χ4v) is 6.09. The minimum Gasteiger partial charge on any atom is -0.349 e. The predicted molar refractivity (Wildman–Crippen MR) is 168 cm³/mol. The van der Waals surface area contributed by atoms with Gasteiger partial charge in [-0.1, -0.05) is 30.3 Å². The molecule has 3 aromatic carbocycles. The number of aromatic nitrogens is 3. The number of halogens is 1. The maximum Gasteiger partial charge on any atom is 0.261 e. The maximum atomic E-state index is 14.3. The van der Waals surface area contributed by atoms with Gasteiger partial charge in [-0.15, -0.1) is 0 Å². The molecule has 10 heteroatoms. The summed E-state index contributed by atoms with van der Waals surface area (Å²) in [6.07, 6.45) is 4.70. The third-order valence-corrected chi connectivity index (χ3v) is 8.92. The van der Waals surface area contributed by atoms with E-state index in [-0.39, 0.29) is 30.0 Å². The first kappa shape index (κ1) is 27.8. The fourth-order valence-electron chi connectivity index (χ4n) is 5.75. The normalized spacial score (nSPS) is 14.2. The highest BCUT2D eigenvalue weighted by Gasteiger charge is 2.30. The van der Waals surface area contributed by atoms with Crippen LogP contribution in [0.15, 0.2) is 88.3 Å². The molecule has 218 valence electrons. The fraction of sp³-hybridized carbons (Fsp3) is 0.206. The van der Waals surface area contributed by atoms with E-state index in [1.165, 1.54) is 0 Å². The minimum atomic E-state index is -0.214. The van der Waals surface area contributed by atoms with Crippen molar-refractivity contribution in [2.24, 2.45) is 0 Å². The molecule has 0 bridgehead atoms. The third-order valence-electron chi connectivity index (χ3n) is 8.22. The van der Waals surface area contributed by atoms with E-state index in [0.717, 1.165) is 24.0 Å². The molecule has 0 unspecified atom stereocenters. The van der Waals surface area contributed by atoms with Crippen LogP contribution in [-0.4, -0.2) is 43.5 Å². The summed E-state index contributed by atoms with van der Waals surface area (Å²) in [5.41, 5.74) is 5.63. The molecule has 0 spiro atoms. The molecule has 0 radical (unpaired) electrons. The number of carbonyl (C=O) groups excluding carboxylic acids is 2. The van der Waals surface area contributed by atoms with Crippen LogP contribution in [0.3, 0.4) is 0 Å². The largest absolute Gasteiger partial charge is 0.349 e. The molecule has 1 N–H and O–H groups in total. The first-order chi connectivity index (χ1) is 21.4. The lowest BCUT2D eigenvalue weighted by Gasteiger charge is -2.30. The summed E-state index contributed by atoms with van der Waals surface area (Å²) in [6, 6.07) is 24.4. The van der Waals surface area contributed by atoms with Crippen molar-refractivity contribution in [1.29, 1.82) is 5.26 Å². The van der Waals surface area contributed by atoms with E-state index in [4.69, 9.17) is 5.10 Å². The van der Waals surface area contributed by atoms with Crippen molar-refractivity contribution < 1.29 is 9.59 Å². The van der Waals surface area contributed by atoms with Crippen LogP contribution < -0.4 is 10.9 Å². The molecule has 1 aliphatic heterocycles. The van der Waals surface area contributed by atoms with Gasteiger partial charge in [0.25, 0.3) is 17.4 Å². The standard InChI is InChI=1S/C34H27BrN6O3/c35-29-13-8-23(17-24(29)18-36)33(43)39-15-14-28-30(20-39)41-32(25(19-37-41)16-21-4-2-1-3-5-21)40(34(28)44)27-11-6-22(7-12-27)31(42)38-26-9-10-26/h1-8,11-13,17,19,26H,9-10,14-16,20H2,(H,38,42). The summed E-state index contributed by atoms with van der Waals surface area (Å²) < 4.78 is 4.09. The molecule has 7 rings (SSSR count). The predicted octanol–water partition coefficient (Wildman–Crippen LogP) is 4.80. The van der Waals surface area contributed by atoms with Crippen LogP contribution in [0.5, 0.6) is 0 Å². The second-order valence-corrected chi connectivity index (χ2v) is 12.1. The van der Waals surface area contributed by atoms with Crippen LogP contribution >= 0.6 is 15.9 Å².